The molecule has 0 amide bonds. The van der Waals surface area contributed by atoms with E-state index in [2.05, 4.69) is 10.1 Å². The maximum atomic E-state index is 5.59. The van der Waals surface area contributed by atoms with Gasteiger partial charge in [-0.15, -0.1) is 0 Å². The van der Waals surface area contributed by atoms with Crippen molar-refractivity contribution in [1.82, 2.24) is 10.1 Å². The van der Waals surface area contributed by atoms with Gasteiger partial charge in [0.05, 0.1) is 13.2 Å². The van der Waals surface area contributed by atoms with Gasteiger partial charge < -0.3 is 19.7 Å². The molecule has 2 N–H and O–H groups in total. The van der Waals surface area contributed by atoms with Crippen molar-refractivity contribution < 1.29 is 14.0 Å². The van der Waals surface area contributed by atoms with Gasteiger partial charge in [-0.2, -0.15) is 4.98 Å². The first-order valence-electron chi connectivity index (χ1n) is 7.21. The van der Waals surface area contributed by atoms with Crippen LogP contribution in [0.4, 0.5) is 0 Å². The van der Waals surface area contributed by atoms with Crippen LogP contribution in [-0.2, 0) is 6.42 Å². The number of ether oxygens (including phenoxy) is 2. The molecular weight excluding hydrogens is 270 g/mol. The van der Waals surface area contributed by atoms with E-state index in [1.807, 2.05) is 32.0 Å². The Kier molecular flexibility index (Phi) is 5.57. The van der Waals surface area contributed by atoms with Gasteiger partial charge in [0.25, 0.3) is 5.89 Å². The van der Waals surface area contributed by atoms with Crippen molar-refractivity contribution in [2.45, 2.75) is 26.7 Å². The van der Waals surface area contributed by atoms with Gasteiger partial charge in [-0.25, -0.2) is 0 Å². The number of nitrogens with zero attached hydrogens (tertiary/aromatic N) is 2. The van der Waals surface area contributed by atoms with Gasteiger partial charge >= 0.3 is 0 Å². The third-order valence-electron chi connectivity index (χ3n) is 2.86. The van der Waals surface area contributed by atoms with E-state index >= 15 is 0 Å². The predicted octanol–water partition coefficient (Wildman–Crippen LogP) is 2.43. The van der Waals surface area contributed by atoms with E-state index in [-0.39, 0.29) is 0 Å². The Morgan fingerprint density at radius 2 is 1.90 bits per heavy atom. The second kappa shape index (κ2) is 7.64. The quantitative estimate of drug-likeness (QED) is 0.804. The first-order valence-corrected chi connectivity index (χ1v) is 7.21. The molecule has 0 aliphatic carbocycles. The van der Waals surface area contributed by atoms with Crippen LogP contribution in [0.1, 0.15) is 26.1 Å². The fourth-order valence-corrected chi connectivity index (χ4v) is 1.92. The SMILES string of the molecule is CCOc1ccc(-c2nc(CCCN)no2)cc1OCC. The van der Waals surface area contributed by atoms with Crippen molar-refractivity contribution in [3.8, 4) is 23.0 Å². The molecule has 0 aliphatic rings. The highest BCUT2D eigenvalue weighted by molar-refractivity contribution is 5.59. The molecule has 0 saturated heterocycles. The second-order valence-corrected chi connectivity index (χ2v) is 4.44. The van der Waals surface area contributed by atoms with Gasteiger partial charge in [0.15, 0.2) is 17.3 Å². The normalized spacial score (nSPS) is 10.6. The average molecular weight is 291 g/mol. The molecule has 2 rings (SSSR count). The highest BCUT2D eigenvalue weighted by atomic mass is 16.5. The Bertz CT molecular complexity index is 569. The van der Waals surface area contributed by atoms with Crippen LogP contribution >= 0.6 is 0 Å². The molecule has 0 saturated carbocycles. The molecule has 114 valence electrons. The van der Waals surface area contributed by atoms with Crippen molar-refractivity contribution in [2.24, 2.45) is 5.73 Å². The lowest BCUT2D eigenvalue weighted by Gasteiger charge is -2.11. The van der Waals surface area contributed by atoms with Crippen LogP contribution in [0, 0.1) is 0 Å². The Morgan fingerprint density at radius 1 is 1.14 bits per heavy atom. The summed E-state index contributed by atoms with van der Waals surface area (Å²) < 4.78 is 16.4. The zero-order chi connectivity index (χ0) is 15.1. The summed E-state index contributed by atoms with van der Waals surface area (Å²) in [4.78, 5) is 4.37. The summed E-state index contributed by atoms with van der Waals surface area (Å²) in [5.41, 5.74) is 6.29. The summed E-state index contributed by atoms with van der Waals surface area (Å²) in [6, 6.07) is 5.59. The van der Waals surface area contributed by atoms with E-state index in [1.54, 1.807) is 0 Å². The minimum atomic E-state index is 0.478. The highest BCUT2D eigenvalue weighted by Gasteiger charge is 2.12. The Balaban J connectivity index is 2.22. The van der Waals surface area contributed by atoms with Gasteiger partial charge in [0.1, 0.15) is 0 Å². The summed E-state index contributed by atoms with van der Waals surface area (Å²) in [6.07, 6.45) is 1.56. The lowest BCUT2D eigenvalue weighted by atomic mass is 10.2. The zero-order valence-corrected chi connectivity index (χ0v) is 12.5. The van der Waals surface area contributed by atoms with Crippen molar-refractivity contribution in [1.29, 1.82) is 0 Å². The largest absolute Gasteiger partial charge is 0.490 e. The topological polar surface area (TPSA) is 83.4 Å². The van der Waals surface area contributed by atoms with Crippen LogP contribution in [0.15, 0.2) is 22.7 Å². The van der Waals surface area contributed by atoms with E-state index in [1.165, 1.54) is 0 Å². The first-order chi connectivity index (χ1) is 10.3. The van der Waals surface area contributed by atoms with E-state index in [9.17, 15) is 0 Å². The molecule has 0 atom stereocenters. The van der Waals surface area contributed by atoms with Crippen LogP contribution in [0.2, 0.25) is 0 Å². The number of hydrogen-bond acceptors (Lipinski definition) is 6. The van der Waals surface area contributed by atoms with Crippen LogP contribution in [0.5, 0.6) is 11.5 Å². The molecule has 0 fully saturated rings. The number of aryl methyl sites for hydroxylation is 1. The molecule has 0 radical (unpaired) electrons. The molecule has 6 nitrogen and oxygen atoms in total. The molecular formula is C15H21N3O3. The number of nitrogens with two attached hydrogens (primary N) is 1. The molecule has 0 spiro atoms. The molecule has 21 heavy (non-hydrogen) atoms. The number of aromatic nitrogens is 2. The fraction of sp³-hybridized carbons (Fsp3) is 0.467. The predicted molar refractivity (Wildman–Crippen MR) is 79.4 cm³/mol. The van der Waals surface area contributed by atoms with Crippen molar-refractivity contribution in [2.75, 3.05) is 19.8 Å². The third-order valence-corrected chi connectivity index (χ3v) is 2.86. The van der Waals surface area contributed by atoms with Crippen LogP contribution in [0.3, 0.4) is 0 Å². The lowest BCUT2D eigenvalue weighted by molar-refractivity contribution is 0.288. The minimum Gasteiger partial charge on any atom is -0.490 e. The molecule has 0 unspecified atom stereocenters. The van der Waals surface area contributed by atoms with Gasteiger partial charge in [-0.3, -0.25) is 0 Å². The van der Waals surface area contributed by atoms with Gasteiger partial charge in [-0.1, -0.05) is 5.16 Å². The highest BCUT2D eigenvalue weighted by Crippen LogP contribution is 2.32. The van der Waals surface area contributed by atoms with Crippen LogP contribution < -0.4 is 15.2 Å². The average Bonchev–Trinajstić information content (AvgIpc) is 2.96. The molecule has 2 aromatic rings. The molecule has 1 aromatic carbocycles. The first kappa shape index (κ1) is 15.3. The van der Waals surface area contributed by atoms with Crippen molar-refractivity contribution in [3.63, 3.8) is 0 Å². The summed E-state index contributed by atoms with van der Waals surface area (Å²) >= 11 is 0. The number of benzene rings is 1. The number of rotatable bonds is 8. The van der Waals surface area contributed by atoms with E-state index in [4.69, 9.17) is 19.7 Å². The molecule has 1 aromatic heterocycles. The minimum absolute atomic E-state index is 0.478. The summed E-state index contributed by atoms with van der Waals surface area (Å²) in [7, 11) is 0. The summed E-state index contributed by atoms with van der Waals surface area (Å²) in [6.45, 7) is 5.63. The maximum absolute atomic E-state index is 5.59. The van der Waals surface area contributed by atoms with Crippen LogP contribution in [-0.4, -0.2) is 29.9 Å². The van der Waals surface area contributed by atoms with Crippen molar-refractivity contribution in [3.05, 3.63) is 24.0 Å². The summed E-state index contributed by atoms with van der Waals surface area (Å²) in [5.74, 6) is 2.54. The smallest absolute Gasteiger partial charge is 0.258 e. The Morgan fingerprint density at radius 3 is 2.62 bits per heavy atom. The number of hydrogen-bond donors (Lipinski definition) is 1. The standard InChI is InChI=1S/C15H21N3O3/c1-3-19-12-8-7-11(10-13(12)20-4-2)15-17-14(18-21-15)6-5-9-16/h7-8,10H,3-6,9,16H2,1-2H3. The maximum Gasteiger partial charge on any atom is 0.258 e. The van der Waals surface area contributed by atoms with Crippen LogP contribution in [0.25, 0.3) is 11.5 Å². The zero-order valence-electron chi connectivity index (χ0n) is 12.5. The van der Waals surface area contributed by atoms with E-state index in [0.717, 1.165) is 18.4 Å². The lowest BCUT2D eigenvalue weighted by Crippen LogP contribution is -2.01. The third kappa shape index (κ3) is 3.95. The van der Waals surface area contributed by atoms with Gasteiger partial charge in [0, 0.05) is 12.0 Å². The van der Waals surface area contributed by atoms with E-state index in [0.29, 0.717) is 43.0 Å². The molecule has 0 aliphatic heterocycles. The molecule has 1 heterocycles. The summed E-state index contributed by atoms with van der Waals surface area (Å²) in [5, 5.41) is 3.95. The van der Waals surface area contributed by atoms with Crippen molar-refractivity contribution >= 4 is 0 Å². The second-order valence-electron chi connectivity index (χ2n) is 4.44. The molecule has 0 bridgehead atoms. The molecule has 6 heteroatoms. The Hall–Kier alpha value is -2.08. The van der Waals surface area contributed by atoms with Gasteiger partial charge in [-0.05, 0) is 45.0 Å². The van der Waals surface area contributed by atoms with Gasteiger partial charge in [0.2, 0.25) is 0 Å². The Labute approximate surface area is 124 Å². The fourth-order valence-electron chi connectivity index (χ4n) is 1.92. The monoisotopic (exact) mass is 291 g/mol. The van der Waals surface area contributed by atoms with E-state index < -0.39 is 0 Å².